The molecule has 116 valence electrons. The second kappa shape index (κ2) is 7.40. The first-order chi connectivity index (χ1) is 10.7. The van der Waals surface area contributed by atoms with Gasteiger partial charge in [0.25, 0.3) is 0 Å². The molecule has 0 aromatic heterocycles. The van der Waals surface area contributed by atoms with Crippen molar-refractivity contribution in [1.82, 2.24) is 4.90 Å². The van der Waals surface area contributed by atoms with Gasteiger partial charge in [-0.2, -0.15) is 0 Å². The average Bonchev–Trinajstić information content (AvgIpc) is 3.07. The van der Waals surface area contributed by atoms with Gasteiger partial charge in [0.2, 0.25) is 0 Å². The van der Waals surface area contributed by atoms with Crippen LogP contribution in [0.4, 0.5) is 0 Å². The Balaban J connectivity index is 1.84. The molecule has 2 atom stereocenters. The van der Waals surface area contributed by atoms with Crippen molar-refractivity contribution in [2.75, 3.05) is 19.6 Å². The number of hydrogen-bond acceptors (Lipinski definition) is 2. The molecule has 2 aromatic rings. The molecule has 1 saturated heterocycles. The zero-order valence-electron chi connectivity index (χ0n) is 12.7. The molecule has 0 aliphatic carbocycles. The molecule has 0 bridgehead atoms. The molecule has 2 aromatic carbocycles. The zero-order chi connectivity index (χ0) is 15.4. The third-order valence-corrected chi connectivity index (χ3v) is 5.00. The summed E-state index contributed by atoms with van der Waals surface area (Å²) in [5, 5.41) is 10.9. The van der Waals surface area contributed by atoms with Crippen molar-refractivity contribution >= 4 is 15.9 Å². The molecule has 1 aliphatic rings. The van der Waals surface area contributed by atoms with Crippen LogP contribution in [0.1, 0.15) is 36.0 Å². The fraction of sp³-hybridized carbons (Fsp3) is 0.368. The minimum Gasteiger partial charge on any atom is -0.388 e. The van der Waals surface area contributed by atoms with Crippen molar-refractivity contribution < 1.29 is 5.11 Å². The summed E-state index contributed by atoms with van der Waals surface area (Å²) in [6.45, 7) is 3.22. The highest BCUT2D eigenvalue weighted by Gasteiger charge is 2.26. The van der Waals surface area contributed by atoms with Gasteiger partial charge in [-0.1, -0.05) is 58.4 Å². The summed E-state index contributed by atoms with van der Waals surface area (Å²) < 4.78 is 1.04. The van der Waals surface area contributed by atoms with Crippen molar-refractivity contribution in [2.45, 2.75) is 24.9 Å². The summed E-state index contributed by atoms with van der Waals surface area (Å²) >= 11 is 3.46. The molecule has 0 spiro atoms. The molecular weight excluding hydrogens is 338 g/mol. The van der Waals surface area contributed by atoms with Crippen molar-refractivity contribution in [3.05, 3.63) is 70.2 Å². The average molecular weight is 360 g/mol. The maximum absolute atomic E-state index is 10.9. The number of aliphatic hydroxyl groups excluding tert-OH is 1. The summed E-state index contributed by atoms with van der Waals surface area (Å²) in [6, 6.07) is 18.4. The van der Waals surface area contributed by atoms with Gasteiger partial charge in [-0.15, -0.1) is 0 Å². The minimum absolute atomic E-state index is 0.112. The van der Waals surface area contributed by atoms with Crippen LogP contribution in [0.15, 0.2) is 59.1 Å². The van der Waals surface area contributed by atoms with E-state index in [2.05, 4.69) is 45.1 Å². The lowest BCUT2D eigenvalue weighted by molar-refractivity contribution is 0.123. The van der Waals surface area contributed by atoms with Crippen LogP contribution in [0.5, 0.6) is 0 Å². The first-order valence-electron chi connectivity index (χ1n) is 7.95. The van der Waals surface area contributed by atoms with Gasteiger partial charge in [0.15, 0.2) is 0 Å². The molecule has 0 radical (unpaired) electrons. The highest BCUT2D eigenvalue weighted by Crippen LogP contribution is 2.33. The number of nitrogens with zero attached hydrogens (tertiary/aromatic N) is 1. The van der Waals surface area contributed by atoms with Crippen LogP contribution in [-0.2, 0) is 0 Å². The molecule has 1 fully saturated rings. The van der Waals surface area contributed by atoms with Crippen molar-refractivity contribution in [3.63, 3.8) is 0 Å². The lowest BCUT2D eigenvalue weighted by atomic mass is 9.88. The Morgan fingerprint density at radius 2 is 1.55 bits per heavy atom. The molecule has 3 rings (SSSR count). The fourth-order valence-corrected chi connectivity index (χ4v) is 3.49. The Hall–Kier alpha value is -1.16. The molecule has 0 saturated carbocycles. The predicted octanol–water partition coefficient (Wildman–Crippen LogP) is 4.36. The molecule has 3 heteroatoms. The summed E-state index contributed by atoms with van der Waals surface area (Å²) in [4.78, 5) is 2.47. The number of hydrogen-bond donors (Lipinski definition) is 1. The van der Waals surface area contributed by atoms with E-state index in [0.29, 0.717) is 0 Å². The van der Waals surface area contributed by atoms with E-state index in [9.17, 15) is 5.11 Å². The van der Waals surface area contributed by atoms with E-state index in [1.54, 1.807) is 0 Å². The first-order valence-corrected chi connectivity index (χ1v) is 8.74. The summed E-state index contributed by atoms with van der Waals surface area (Å²) in [5.74, 6) is 0.112. The van der Waals surface area contributed by atoms with E-state index in [1.165, 1.54) is 18.4 Å². The van der Waals surface area contributed by atoms with Gasteiger partial charge >= 0.3 is 0 Å². The molecule has 0 amide bonds. The van der Waals surface area contributed by atoms with Crippen LogP contribution in [-0.4, -0.2) is 29.6 Å². The normalized spacial score (nSPS) is 18.3. The molecule has 1 aliphatic heterocycles. The van der Waals surface area contributed by atoms with E-state index in [4.69, 9.17) is 0 Å². The summed E-state index contributed by atoms with van der Waals surface area (Å²) in [6.07, 6.45) is 2.07. The first kappa shape index (κ1) is 15.7. The topological polar surface area (TPSA) is 23.5 Å². The van der Waals surface area contributed by atoms with Crippen LogP contribution in [0.2, 0.25) is 0 Å². The van der Waals surface area contributed by atoms with Gasteiger partial charge in [-0.05, 0) is 49.2 Å². The van der Waals surface area contributed by atoms with E-state index in [0.717, 1.165) is 29.7 Å². The van der Waals surface area contributed by atoms with Gasteiger partial charge in [-0.25, -0.2) is 0 Å². The Morgan fingerprint density at radius 1 is 0.909 bits per heavy atom. The fourth-order valence-electron chi connectivity index (χ4n) is 3.22. The van der Waals surface area contributed by atoms with E-state index >= 15 is 0 Å². The Kier molecular flexibility index (Phi) is 5.29. The second-order valence-corrected chi connectivity index (χ2v) is 6.94. The molecular formula is C19H22BrNO. The molecule has 1 N–H and O–H groups in total. The quantitative estimate of drug-likeness (QED) is 0.856. The standard InChI is InChI=1S/C19H22BrNO/c20-17-10-8-16(9-11-17)19(22)18(14-21-12-4-5-13-21)15-6-2-1-3-7-15/h1-3,6-11,18-19,22H,4-5,12-14H2. The van der Waals surface area contributed by atoms with Gasteiger partial charge in [0.1, 0.15) is 0 Å². The minimum atomic E-state index is -0.476. The summed E-state index contributed by atoms with van der Waals surface area (Å²) in [5.41, 5.74) is 2.20. The van der Waals surface area contributed by atoms with Gasteiger partial charge in [0.05, 0.1) is 6.10 Å². The van der Waals surface area contributed by atoms with Crippen LogP contribution in [0.3, 0.4) is 0 Å². The number of rotatable bonds is 5. The maximum atomic E-state index is 10.9. The van der Waals surface area contributed by atoms with E-state index in [-0.39, 0.29) is 5.92 Å². The van der Waals surface area contributed by atoms with Gasteiger partial charge in [0, 0.05) is 16.9 Å². The van der Waals surface area contributed by atoms with E-state index in [1.807, 2.05) is 30.3 Å². The van der Waals surface area contributed by atoms with Crippen LogP contribution < -0.4 is 0 Å². The van der Waals surface area contributed by atoms with E-state index < -0.39 is 6.10 Å². The molecule has 22 heavy (non-hydrogen) atoms. The highest BCUT2D eigenvalue weighted by atomic mass is 79.9. The van der Waals surface area contributed by atoms with Crippen LogP contribution in [0.25, 0.3) is 0 Å². The van der Waals surface area contributed by atoms with Gasteiger partial charge in [-0.3, -0.25) is 0 Å². The monoisotopic (exact) mass is 359 g/mol. The lowest BCUT2D eigenvalue weighted by Crippen LogP contribution is -2.29. The number of halogens is 1. The highest BCUT2D eigenvalue weighted by molar-refractivity contribution is 9.10. The van der Waals surface area contributed by atoms with Gasteiger partial charge < -0.3 is 10.0 Å². The van der Waals surface area contributed by atoms with Crippen molar-refractivity contribution in [2.24, 2.45) is 0 Å². The maximum Gasteiger partial charge on any atom is 0.0870 e. The predicted molar refractivity (Wildman–Crippen MR) is 94.0 cm³/mol. The molecule has 1 heterocycles. The Bertz CT molecular complexity index is 578. The Labute approximate surface area is 140 Å². The number of likely N-dealkylation sites (tertiary alicyclic amines) is 1. The molecule has 2 unspecified atom stereocenters. The third kappa shape index (κ3) is 3.78. The summed E-state index contributed by atoms with van der Waals surface area (Å²) in [7, 11) is 0. The molecule has 2 nitrogen and oxygen atoms in total. The van der Waals surface area contributed by atoms with Crippen LogP contribution in [0, 0.1) is 0 Å². The SMILES string of the molecule is OC(c1ccc(Br)cc1)C(CN1CCCC1)c1ccccc1. The smallest absolute Gasteiger partial charge is 0.0870 e. The second-order valence-electron chi connectivity index (χ2n) is 6.02. The van der Waals surface area contributed by atoms with Crippen molar-refractivity contribution in [3.8, 4) is 0 Å². The number of benzene rings is 2. The zero-order valence-corrected chi connectivity index (χ0v) is 14.2. The largest absolute Gasteiger partial charge is 0.388 e. The van der Waals surface area contributed by atoms with Crippen LogP contribution >= 0.6 is 15.9 Å². The third-order valence-electron chi connectivity index (χ3n) is 4.47. The lowest BCUT2D eigenvalue weighted by Gasteiger charge is -2.28. The van der Waals surface area contributed by atoms with Crippen molar-refractivity contribution in [1.29, 1.82) is 0 Å². The Morgan fingerprint density at radius 3 is 2.18 bits per heavy atom. The number of aliphatic hydroxyl groups is 1.